The summed E-state index contributed by atoms with van der Waals surface area (Å²) in [7, 11) is 0. The highest BCUT2D eigenvalue weighted by Crippen LogP contribution is 2.14. The van der Waals surface area contributed by atoms with Gasteiger partial charge in [-0.05, 0) is 29.8 Å². The van der Waals surface area contributed by atoms with Gasteiger partial charge in [-0.2, -0.15) is 5.10 Å². The Balaban J connectivity index is 1.86. The van der Waals surface area contributed by atoms with E-state index in [1.807, 2.05) is 0 Å². The van der Waals surface area contributed by atoms with Gasteiger partial charge in [-0.1, -0.05) is 12.1 Å². The van der Waals surface area contributed by atoms with Crippen LogP contribution in [-0.4, -0.2) is 41.1 Å². The normalized spacial score (nSPS) is 16.9. The van der Waals surface area contributed by atoms with Crippen LogP contribution in [0.5, 0.6) is 0 Å². The summed E-state index contributed by atoms with van der Waals surface area (Å²) in [6.45, 7) is -0.0685. The van der Waals surface area contributed by atoms with Crippen molar-refractivity contribution in [2.24, 2.45) is 5.10 Å². The molecule has 1 unspecified atom stereocenters. The Morgan fingerprint density at radius 3 is 2.71 bits per heavy atom. The maximum Gasteiger partial charge on any atom is 0.271 e. The van der Waals surface area contributed by atoms with Crippen molar-refractivity contribution in [1.29, 1.82) is 0 Å². The zero-order chi connectivity index (χ0) is 17.4. The Bertz CT molecular complexity index is 679. The van der Waals surface area contributed by atoms with Gasteiger partial charge in [0.15, 0.2) is 0 Å². The molecule has 8 heteroatoms. The first kappa shape index (κ1) is 17.4. The molecule has 0 bridgehead atoms. The van der Waals surface area contributed by atoms with E-state index in [-0.39, 0.29) is 12.7 Å². The van der Waals surface area contributed by atoms with Crippen molar-refractivity contribution < 1.29 is 24.6 Å². The van der Waals surface area contributed by atoms with Crippen LogP contribution < -0.4 is 10.9 Å². The molecule has 0 aromatic heterocycles. The monoisotopic (exact) mass is 331 g/mol. The standard InChI is InChI=1S/C16H17N3O5/c20-10-14-7-6-13(24-14)9-17-18-16(22)12-4-1-11(2-5-12)3-8-15(21)19-23/h1-6,8-9,14,20,23H,7,10H2,(H,18,22)(H,19,21)/b8-3+,17-9+. The van der Waals surface area contributed by atoms with Crippen LogP contribution in [0.15, 0.2) is 47.3 Å². The number of aliphatic hydroxyl groups is 1. The number of carbonyl (C=O) groups excluding carboxylic acids is 2. The number of ether oxygens (including phenoxy) is 1. The number of nitrogens with zero attached hydrogens (tertiary/aromatic N) is 1. The second kappa shape index (κ2) is 8.61. The smallest absolute Gasteiger partial charge is 0.271 e. The van der Waals surface area contributed by atoms with Crippen molar-refractivity contribution >= 4 is 24.1 Å². The van der Waals surface area contributed by atoms with Crippen LogP contribution >= 0.6 is 0 Å². The molecule has 0 radical (unpaired) electrons. The number of amides is 2. The predicted molar refractivity (Wildman–Crippen MR) is 86.0 cm³/mol. The Morgan fingerprint density at radius 1 is 1.33 bits per heavy atom. The van der Waals surface area contributed by atoms with Crippen LogP contribution in [-0.2, 0) is 9.53 Å². The minimum atomic E-state index is -0.641. The van der Waals surface area contributed by atoms with E-state index in [9.17, 15) is 9.59 Å². The molecule has 8 nitrogen and oxygen atoms in total. The molecule has 1 aliphatic heterocycles. The van der Waals surface area contributed by atoms with E-state index < -0.39 is 11.8 Å². The summed E-state index contributed by atoms with van der Waals surface area (Å²) in [5, 5.41) is 21.1. The third-order valence-corrected chi connectivity index (χ3v) is 3.16. The first-order valence-corrected chi connectivity index (χ1v) is 7.15. The van der Waals surface area contributed by atoms with Gasteiger partial charge < -0.3 is 9.84 Å². The number of rotatable bonds is 6. The van der Waals surface area contributed by atoms with Crippen LogP contribution in [0.25, 0.3) is 6.08 Å². The van der Waals surface area contributed by atoms with E-state index >= 15 is 0 Å². The maximum atomic E-state index is 11.9. The van der Waals surface area contributed by atoms with Crippen LogP contribution in [0, 0.1) is 0 Å². The average Bonchev–Trinajstić information content (AvgIpc) is 3.08. The molecule has 24 heavy (non-hydrogen) atoms. The number of hydrogen-bond acceptors (Lipinski definition) is 6. The van der Waals surface area contributed by atoms with Crippen LogP contribution in [0.3, 0.4) is 0 Å². The molecule has 126 valence electrons. The van der Waals surface area contributed by atoms with Crippen molar-refractivity contribution in [2.45, 2.75) is 12.5 Å². The summed E-state index contributed by atoms with van der Waals surface area (Å²) in [4.78, 5) is 22.8. The number of nitrogens with one attached hydrogen (secondary N) is 2. The van der Waals surface area contributed by atoms with Gasteiger partial charge in [0.2, 0.25) is 0 Å². The highest BCUT2D eigenvalue weighted by atomic mass is 16.5. The topological polar surface area (TPSA) is 120 Å². The van der Waals surface area contributed by atoms with Gasteiger partial charge in [0.1, 0.15) is 11.9 Å². The first-order valence-electron chi connectivity index (χ1n) is 7.15. The molecule has 1 aromatic carbocycles. The SMILES string of the molecule is O=C(/C=C/c1ccc(C(=O)N/N=C/C2=CCC(CO)O2)cc1)NO. The number of hydrogen-bond donors (Lipinski definition) is 4. The fourth-order valence-electron chi connectivity index (χ4n) is 1.91. The molecule has 0 spiro atoms. The van der Waals surface area contributed by atoms with Gasteiger partial charge in [0.05, 0.1) is 12.8 Å². The maximum absolute atomic E-state index is 11.9. The molecule has 0 saturated heterocycles. The summed E-state index contributed by atoms with van der Waals surface area (Å²) in [5.41, 5.74) is 4.94. The lowest BCUT2D eigenvalue weighted by Gasteiger charge is -2.06. The molecule has 0 saturated carbocycles. The van der Waals surface area contributed by atoms with Crippen LogP contribution in [0.1, 0.15) is 22.3 Å². The van der Waals surface area contributed by atoms with Crippen LogP contribution in [0.4, 0.5) is 0 Å². The molecule has 1 heterocycles. The number of aliphatic hydroxyl groups excluding tert-OH is 1. The van der Waals surface area contributed by atoms with Crippen molar-refractivity contribution in [1.82, 2.24) is 10.9 Å². The Hall–Kier alpha value is -2.97. The number of carbonyl (C=O) groups is 2. The van der Waals surface area contributed by atoms with E-state index in [1.54, 1.807) is 30.3 Å². The fraction of sp³-hybridized carbons (Fsp3) is 0.188. The fourth-order valence-corrected chi connectivity index (χ4v) is 1.91. The first-order chi connectivity index (χ1) is 11.6. The minimum absolute atomic E-state index is 0.0685. The number of allylic oxidation sites excluding steroid dienone is 1. The van der Waals surface area contributed by atoms with Crippen molar-refractivity contribution in [3.05, 3.63) is 53.3 Å². The quantitative estimate of drug-likeness (QED) is 0.263. The second-order valence-corrected chi connectivity index (χ2v) is 4.90. The van der Waals surface area contributed by atoms with Gasteiger partial charge in [-0.25, -0.2) is 10.9 Å². The summed E-state index contributed by atoms with van der Waals surface area (Å²) in [6.07, 6.45) is 6.16. The second-order valence-electron chi connectivity index (χ2n) is 4.90. The van der Waals surface area contributed by atoms with Crippen LogP contribution in [0.2, 0.25) is 0 Å². The molecule has 1 atom stereocenters. The summed E-state index contributed by atoms with van der Waals surface area (Å²) < 4.78 is 5.32. The minimum Gasteiger partial charge on any atom is -0.486 e. The van der Waals surface area contributed by atoms with E-state index in [4.69, 9.17) is 15.1 Å². The predicted octanol–water partition coefficient (Wildman–Crippen LogP) is 0.586. The number of hydrazone groups is 1. The molecule has 4 N–H and O–H groups in total. The molecule has 2 rings (SSSR count). The van der Waals surface area contributed by atoms with E-state index in [1.165, 1.54) is 17.8 Å². The zero-order valence-corrected chi connectivity index (χ0v) is 12.7. The van der Waals surface area contributed by atoms with Gasteiger partial charge in [0.25, 0.3) is 11.8 Å². The summed E-state index contributed by atoms with van der Waals surface area (Å²) >= 11 is 0. The lowest BCUT2D eigenvalue weighted by Crippen LogP contribution is -2.18. The van der Waals surface area contributed by atoms with Crippen molar-refractivity contribution in [2.75, 3.05) is 6.61 Å². The third kappa shape index (κ3) is 5.04. The molecule has 2 amide bonds. The highest BCUT2D eigenvalue weighted by Gasteiger charge is 2.15. The lowest BCUT2D eigenvalue weighted by molar-refractivity contribution is -0.124. The molecule has 0 aliphatic carbocycles. The molecular formula is C16H17N3O5. The van der Waals surface area contributed by atoms with Gasteiger partial charge in [0, 0.05) is 18.1 Å². The molecule has 0 fully saturated rings. The van der Waals surface area contributed by atoms with E-state index in [0.717, 1.165) is 6.08 Å². The average molecular weight is 331 g/mol. The van der Waals surface area contributed by atoms with Crippen molar-refractivity contribution in [3.63, 3.8) is 0 Å². The Kier molecular flexibility index (Phi) is 6.23. The highest BCUT2D eigenvalue weighted by molar-refractivity contribution is 5.95. The molecule has 1 aliphatic rings. The van der Waals surface area contributed by atoms with E-state index in [0.29, 0.717) is 23.3 Å². The van der Waals surface area contributed by atoms with Gasteiger partial charge >= 0.3 is 0 Å². The third-order valence-electron chi connectivity index (χ3n) is 3.16. The van der Waals surface area contributed by atoms with E-state index in [2.05, 4.69) is 10.5 Å². The van der Waals surface area contributed by atoms with Gasteiger partial charge in [-0.15, -0.1) is 0 Å². The van der Waals surface area contributed by atoms with Crippen molar-refractivity contribution in [3.8, 4) is 0 Å². The Labute approximate surface area is 138 Å². The number of benzene rings is 1. The molecule has 1 aromatic rings. The largest absolute Gasteiger partial charge is 0.486 e. The number of hydroxylamine groups is 1. The molecular weight excluding hydrogens is 314 g/mol. The summed E-state index contributed by atoms with van der Waals surface area (Å²) in [5.74, 6) is -0.540. The Morgan fingerprint density at radius 2 is 2.08 bits per heavy atom. The zero-order valence-electron chi connectivity index (χ0n) is 12.7. The lowest BCUT2D eigenvalue weighted by atomic mass is 10.1. The summed E-state index contributed by atoms with van der Waals surface area (Å²) in [6, 6.07) is 6.45. The van der Waals surface area contributed by atoms with Gasteiger partial charge in [-0.3, -0.25) is 14.8 Å².